The van der Waals surface area contributed by atoms with E-state index in [0.717, 1.165) is 11.3 Å². The van der Waals surface area contributed by atoms with Gasteiger partial charge in [0, 0.05) is 26.3 Å². The third-order valence-corrected chi connectivity index (χ3v) is 3.04. The maximum absolute atomic E-state index is 11.9. The fourth-order valence-electron chi connectivity index (χ4n) is 1.80. The molecule has 0 aliphatic carbocycles. The van der Waals surface area contributed by atoms with Crippen molar-refractivity contribution in [2.75, 3.05) is 32.1 Å². The minimum Gasteiger partial charge on any atom is -0.378 e. The number of hydrogen-bond donors (Lipinski definition) is 2. The van der Waals surface area contributed by atoms with Gasteiger partial charge < -0.3 is 15.5 Å². The molecule has 0 aliphatic rings. The van der Waals surface area contributed by atoms with Crippen LogP contribution in [0.3, 0.4) is 0 Å². The van der Waals surface area contributed by atoms with E-state index in [2.05, 4.69) is 5.32 Å². The van der Waals surface area contributed by atoms with E-state index in [9.17, 15) is 22.8 Å². The Morgan fingerprint density at radius 1 is 1.04 bits per heavy atom. The summed E-state index contributed by atoms with van der Waals surface area (Å²) in [5, 5.41) is 3.81. The smallest absolute Gasteiger partial charge is 0.378 e. The zero-order valence-electron chi connectivity index (χ0n) is 13.0. The van der Waals surface area contributed by atoms with Crippen LogP contribution in [0.4, 0.5) is 18.9 Å². The molecule has 0 saturated heterocycles. The second-order valence-corrected chi connectivity index (χ2v) is 5.22. The zero-order chi connectivity index (χ0) is 17.5. The summed E-state index contributed by atoms with van der Waals surface area (Å²) in [4.78, 5) is 24.4. The van der Waals surface area contributed by atoms with Crippen molar-refractivity contribution in [2.24, 2.45) is 0 Å². The number of nitrogens with one attached hydrogen (secondary N) is 2. The van der Waals surface area contributed by atoms with Crippen LogP contribution in [0.25, 0.3) is 0 Å². The van der Waals surface area contributed by atoms with E-state index in [1.807, 2.05) is 43.3 Å². The van der Waals surface area contributed by atoms with Crippen molar-refractivity contribution in [1.29, 1.82) is 0 Å². The van der Waals surface area contributed by atoms with Gasteiger partial charge in [-0.15, -0.1) is 0 Å². The van der Waals surface area contributed by atoms with Gasteiger partial charge in [0.05, 0.1) is 0 Å². The van der Waals surface area contributed by atoms with Crippen LogP contribution < -0.4 is 15.5 Å². The molecule has 0 unspecified atom stereocenters. The average molecular weight is 331 g/mol. The number of hydrogen-bond acceptors (Lipinski definition) is 3. The molecule has 0 fully saturated rings. The number of amides is 2. The fraction of sp³-hybridized carbons (Fsp3) is 0.467. The number of rotatable bonds is 6. The van der Waals surface area contributed by atoms with Gasteiger partial charge in [0.15, 0.2) is 0 Å². The Morgan fingerprint density at radius 2 is 1.61 bits per heavy atom. The molecule has 0 saturated carbocycles. The molecule has 5 nitrogen and oxygen atoms in total. The monoisotopic (exact) mass is 331 g/mol. The minimum atomic E-state index is -4.53. The molecular weight excluding hydrogens is 311 g/mol. The zero-order valence-corrected chi connectivity index (χ0v) is 13.0. The van der Waals surface area contributed by atoms with Crippen molar-refractivity contribution >= 4 is 17.5 Å². The summed E-state index contributed by atoms with van der Waals surface area (Å²) >= 11 is 0. The van der Waals surface area contributed by atoms with Crippen molar-refractivity contribution in [3.05, 3.63) is 29.8 Å². The van der Waals surface area contributed by atoms with Crippen molar-refractivity contribution in [1.82, 2.24) is 10.6 Å². The Balaban J connectivity index is 2.26. The first-order valence-electron chi connectivity index (χ1n) is 7.08. The van der Waals surface area contributed by atoms with Crippen molar-refractivity contribution in [2.45, 2.75) is 19.0 Å². The lowest BCUT2D eigenvalue weighted by molar-refractivity contribution is -0.146. The van der Waals surface area contributed by atoms with E-state index in [0.29, 0.717) is 12.8 Å². The molecule has 0 bridgehead atoms. The summed E-state index contributed by atoms with van der Waals surface area (Å²) in [5.41, 5.74) is 2.15. The van der Waals surface area contributed by atoms with Gasteiger partial charge in [0.2, 0.25) is 0 Å². The summed E-state index contributed by atoms with van der Waals surface area (Å²) in [7, 11) is 3.88. The molecule has 2 N–H and O–H groups in total. The van der Waals surface area contributed by atoms with E-state index in [1.165, 1.54) is 5.32 Å². The fourth-order valence-corrected chi connectivity index (χ4v) is 1.80. The molecule has 2 amide bonds. The molecule has 1 aromatic carbocycles. The standard InChI is InChI=1S/C15H20F3N3O2/c1-21(2)12-7-5-11(6-8-12)4-3-9-19-13(22)14(23)20-10-15(16,17)18/h5-8H,3-4,9-10H2,1-2H3,(H,19,22)(H,20,23). The Kier molecular flexibility index (Phi) is 6.87. The third-order valence-electron chi connectivity index (χ3n) is 3.04. The van der Waals surface area contributed by atoms with Crippen LogP contribution >= 0.6 is 0 Å². The number of alkyl halides is 3. The molecule has 1 rings (SSSR count). The second-order valence-electron chi connectivity index (χ2n) is 5.22. The highest BCUT2D eigenvalue weighted by atomic mass is 19.4. The van der Waals surface area contributed by atoms with Crippen LogP contribution in [0.15, 0.2) is 24.3 Å². The predicted molar refractivity (Wildman–Crippen MR) is 81.2 cm³/mol. The first-order valence-corrected chi connectivity index (χ1v) is 7.08. The largest absolute Gasteiger partial charge is 0.405 e. The molecule has 0 heterocycles. The van der Waals surface area contributed by atoms with Crippen LogP contribution in [0.5, 0.6) is 0 Å². The van der Waals surface area contributed by atoms with E-state index in [4.69, 9.17) is 0 Å². The van der Waals surface area contributed by atoms with E-state index in [-0.39, 0.29) is 6.54 Å². The van der Waals surface area contributed by atoms with Gasteiger partial charge in [-0.3, -0.25) is 9.59 Å². The molecule has 23 heavy (non-hydrogen) atoms. The van der Waals surface area contributed by atoms with Crippen LogP contribution in [0.1, 0.15) is 12.0 Å². The molecule has 0 spiro atoms. The highest BCUT2D eigenvalue weighted by Gasteiger charge is 2.28. The number of halogens is 3. The second kappa shape index (κ2) is 8.40. The van der Waals surface area contributed by atoms with Gasteiger partial charge in [0.1, 0.15) is 6.54 Å². The van der Waals surface area contributed by atoms with Crippen molar-refractivity contribution in [3.8, 4) is 0 Å². The van der Waals surface area contributed by atoms with Crippen LogP contribution in [0.2, 0.25) is 0 Å². The first-order chi connectivity index (χ1) is 10.7. The summed E-state index contributed by atoms with van der Waals surface area (Å²) in [6.07, 6.45) is -3.26. The Hall–Kier alpha value is -2.25. The number of carbonyl (C=O) groups excluding carboxylic acids is 2. The Morgan fingerprint density at radius 3 is 2.13 bits per heavy atom. The van der Waals surface area contributed by atoms with Gasteiger partial charge in [-0.1, -0.05) is 12.1 Å². The van der Waals surface area contributed by atoms with Crippen LogP contribution in [0, 0.1) is 0 Å². The quantitative estimate of drug-likeness (QED) is 0.613. The van der Waals surface area contributed by atoms with E-state index < -0.39 is 24.5 Å². The number of nitrogens with zero attached hydrogens (tertiary/aromatic N) is 1. The SMILES string of the molecule is CN(C)c1ccc(CCCNC(=O)C(=O)NCC(F)(F)F)cc1. The van der Waals surface area contributed by atoms with Crippen LogP contribution in [-0.2, 0) is 16.0 Å². The molecule has 128 valence electrons. The van der Waals surface area contributed by atoms with E-state index in [1.54, 1.807) is 0 Å². The maximum Gasteiger partial charge on any atom is 0.405 e. The normalized spacial score (nSPS) is 11.0. The summed E-state index contributed by atoms with van der Waals surface area (Å²) in [6, 6.07) is 7.87. The third kappa shape index (κ3) is 7.53. The maximum atomic E-state index is 11.9. The first kappa shape index (κ1) is 18.8. The van der Waals surface area contributed by atoms with Gasteiger partial charge >= 0.3 is 18.0 Å². The Bertz CT molecular complexity index is 528. The van der Waals surface area contributed by atoms with Crippen molar-refractivity contribution < 1.29 is 22.8 Å². The lowest BCUT2D eigenvalue weighted by Crippen LogP contribution is -2.43. The summed E-state index contributed by atoms with van der Waals surface area (Å²) in [6.45, 7) is -1.30. The Labute approximate surface area is 132 Å². The lowest BCUT2D eigenvalue weighted by Gasteiger charge is -2.12. The minimum absolute atomic E-state index is 0.216. The van der Waals surface area contributed by atoms with Gasteiger partial charge in [-0.25, -0.2) is 0 Å². The van der Waals surface area contributed by atoms with Crippen molar-refractivity contribution in [3.63, 3.8) is 0 Å². The highest BCUT2D eigenvalue weighted by molar-refractivity contribution is 6.35. The molecule has 0 atom stereocenters. The molecule has 0 aromatic heterocycles. The average Bonchev–Trinajstić information content (AvgIpc) is 2.48. The van der Waals surface area contributed by atoms with E-state index >= 15 is 0 Å². The lowest BCUT2D eigenvalue weighted by atomic mass is 10.1. The van der Waals surface area contributed by atoms with Gasteiger partial charge in [-0.2, -0.15) is 13.2 Å². The topological polar surface area (TPSA) is 61.4 Å². The van der Waals surface area contributed by atoms with Gasteiger partial charge in [-0.05, 0) is 30.5 Å². The number of aryl methyl sites for hydroxylation is 1. The molecule has 8 heteroatoms. The summed E-state index contributed by atoms with van der Waals surface area (Å²) < 4.78 is 35.7. The van der Waals surface area contributed by atoms with Crippen LogP contribution in [-0.4, -0.2) is 45.2 Å². The molecule has 1 aromatic rings. The number of carbonyl (C=O) groups is 2. The number of benzene rings is 1. The molecular formula is C15H20F3N3O2. The predicted octanol–water partition coefficient (Wildman–Crippen LogP) is 1.48. The van der Waals surface area contributed by atoms with Gasteiger partial charge in [0.25, 0.3) is 0 Å². The summed E-state index contributed by atoms with van der Waals surface area (Å²) in [5.74, 6) is -2.34. The highest BCUT2D eigenvalue weighted by Crippen LogP contribution is 2.13. The molecule has 0 aliphatic heterocycles. The molecule has 0 radical (unpaired) electrons. The number of anilines is 1.